The van der Waals surface area contributed by atoms with Crippen LogP contribution in [0.3, 0.4) is 0 Å². The molecule has 0 heterocycles. The monoisotopic (exact) mass is 278 g/mol. The third-order valence-electron chi connectivity index (χ3n) is 4.72. The molecule has 19 heavy (non-hydrogen) atoms. The Hall–Kier alpha value is -1.06. The van der Waals surface area contributed by atoms with Gasteiger partial charge in [-0.05, 0) is 55.7 Å². The van der Waals surface area contributed by atoms with Crippen LogP contribution < -0.4 is 11.1 Å². The Labute approximate surface area is 118 Å². The van der Waals surface area contributed by atoms with E-state index in [0.717, 1.165) is 24.1 Å². The number of nitrogens with two attached hydrogens (primary N) is 1. The van der Waals surface area contributed by atoms with Crippen molar-refractivity contribution < 1.29 is 4.79 Å². The molecule has 2 aliphatic rings. The lowest BCUT2D eigenvalue weighted by molar-refractivity contribution is -0.121. The first kappa shape index (κ1) is 12.9. The fourth-order valence-electron chi connectivity index (χ4n) is 3.62. The predicted molar refractivity (Wildman–Crippen MR) is 77.1 cm³/mol. The van der Waals surface area contributed by atoms with Gasteiger partial charge in [0.05, 0.1) is 5.92 Å². The minimum Gasteiger partial charge on any atom is -0.327 e. The van der Waals surface area contributed by atoms with Crippen LogP contribution in [0.15, 0.2) is 18.2 Å². The number of fused-ring (bicyclic) bond motifs is 2. The molecular formula is C15H19ClN2O. The summed E-state index contributed by atoms with van der Waals surface area (Å²) in [6, 6.07) is 5.63. The summed E-state index contributed by atoms with van der Waals surface area (Å²) < 4.78 is 0. The lowest BCUT2D eigenvalue weighted by Gasteiger charge is -2.27. The Balaban J connectivity index is 1.73. The van der Waals surface area contributed by atoms with Crippen molar-refractivity contribution in [2.75, 3.05) is 5.32 Å². The number of amides is 1. The summed E-state index contributed by atoms with van der Waals surface area (Å²) in [5.41, 5.74) is 7.96. The lowest BCUT2D eigenvalue weighted by atomic mass is 9.84. The molecule has 1 aromatic carbocycles. The number of hydrogen-bond donors (Lipinski definition) is 2. The molecule has 0 radical (unpaired) electrons. The molecule has 0 saturated heterocycles. The molecule has 0 spiro atoms. The summed E-state index contributed by atoms with van der Waals surface area (Å²) in [7, 11) is 0. The molecule has 2 saturated carbocycles. The summed E-state index contributed by atoms with van der Waals surface area (Å²) in [5.74, 6) is 1.04. The van der Waals surface area contributed by atoms with Gasteiger partial charge in [-0.1, -0.05) is 17.7 Å². The molecular weight excluding hydrogens is 260 g/mol. The summed E-state index contributed by atoms with van der Waals surface area (Å²) in [6.07, 6.45) is 3.45. The lowest BCUT2D eigenvalue weighted by Crippen LogP contribution is -2.42. The van der Waals surface area contributed by atoms with Crippen molar-refractivity contribution in [3.63, 3.8) is 0 Å². The van der Waals surface area contributed by atoms with Crippen molar-refractivity contribution in [1.82, 2.24) is 0 Å². The van der Waals surface area contributed by atoms with Gasteiger partial charge in [0.1, 0.15) is 0 Å². The summed E-state index contributed by atoms with van der Waals surface area (Å²) in [6.45, 7) is 1.94. The van der Waals surface area contributed by atoms with Crippen LogP contribution >= 0.6 is 11.6 Å². The maximum atomic E-state index is 12.4. The third kappa shape index (κ3) is 2.26. The summed E-state index contributed by atoms with van der Waals surface area (Å²) in [4.78, 5) is 12.4. The number of carbonyl (C=O) groups is 1. The van der Waals surface area contributed by atoms with E-state index in [4.69, 9.17) is 17.3 Å². The molecule has 2 fully saturated rings. The number of anilines is 1. The van der Waals surface area contributed by atoms with Gasteiger partial charge < -0.3 is 11.1 Å². The Morgan fingerprint density at radius 2 is 2.11 bits per heavy atom. The van der Waals surface area contributed by atoms with E-state index in [9.17, 15) is 4.79 Å². The maximum absolute atomic E-state index is 12.4. The van der Waals surface area contributed by atoms with Gasteiger partial charge in [0.15, 0.2) is 0 Å². The van der Waals surface area contributed by atoms with E-state index in [1.807, 2.05) is 19.1 Å². The average Bonchev–Trinajstić information content (AvgIpc) is 2.94. The van der Waals surface area contributed by atoms with Crippen LogP contribution in [0.5, 0.6) is 0 Å². The number of rotatable bonds is 2. The van der Waals surface area contributed by atoms with Gasteiger partial charge in [-0.2, -0.15) is 0 Å². The van der Waals surface area contributed by atoms with E-state index >= 15 is 0 Å². The van der Waals surface area contributed by atoms with Crippen molar-refractivity contribution >= 4 is 23.2 Å². The highest BCUT2D eigenvalue weighted by atomic mass is 35.5. The van der Waals surface area contributed by atoms with Crippen LogP contribution in [0.1, 0.15) is 24.8 Å². The summed E-state index contributed by atoms with van der Waals surface area (Å²) >= 11 is 6.07. The molecule has 3 rings (SSSR count). The van der Waals surface area contributed by atoms with Crippen molar-refractivity contribution in [3.05, 3.63) is 28.8 Å². The zero-order valence-electron chi connectivity index (χ0n) is 11.0. The molecule has 102 valence electrons. The molecule has 1 aromatic rings. The van der Waals surface area contributed by atoms with Crippen molar-refractivity contribution in [3.8, 4) is 0 Å². The third-order valence-corrected chi connectivity index (χ3v) is 5.13. The average molecular weight is 279 g/mol. The quantitative estimate of drug-likeness (QED) is 0.874. The van der Waals surface area contributed by atoms with Gasteiger partial charge in [0.25, 0.3) is 0 Å². The Kier molecular flexibility index (Phi) is 3.27. The molecule has 3 nitrogen and oxygen atoms in total. The largest absolute Gasteiger partial charge is 0.327 e. The van der Waals surface area contributed by atoms with E-state index in [0.29, 0.717) is 16.9 Å². The topological polar surface area (TPSA) is 55.1 Å². The van der Waals surface area contributed by atoms with Crippen molar-refractivity contribution in [2.24, 2.45) is 23.5 Å². The first-order valence-corrected chi connectivity index (χ1v) is 7.26. The van der Waals surface area contributed by atoms with E-state index in [2.05, 4.69) is 5.32 Å². The number of carbonyl (C=O) groups excluding carboxylic acids is 1. The maximum Gasteiger partial charge on any atom is 0.229 e. The van der Waals surface area contributed by atoms with E-state index in [1.54, 1.807) is 6.07 Å². The SMILES string of the molecule is Cc1ccc(NC(=O)C2C3CCC(C3)C2N)cc1Cl. The number of aryl methyl sites for hydroxylation is 1. The summed E-state index contributed by atoms with van der Waals surface area (Å²) in [5, 5.41) is 3.64. The molecule has 2 bridgehead atoms. The van der Waals surface area contributed by atoms with Gasteiger partial charge in [0.2, 0.25) is 5.91 Å². The molecule has 4 atom stereocenters. The van der Waals surface area contributed by atoms with Crippen LogP contribution in [0.2, 0.25) is 5.02 Å². The van der Waals surface area contributed by atoms with Gasteiger partial charge in [-0.25, -0.2) is 0 Å². The smallest absolute Gasteiger partial charge is 0.229 e. The Bertz CT molecular complexity index is 515. The normalized spacial score (nSPS) is 32.6. The predicted octanol–water partition coefficient (Wildman–Crippen LogP) is 2.96. The highest BCUT2D eigenvalue weighted by Gasteiger charge is 2.49. The number of nitrogens with one attached hydrogen (secondary N) is 1. The molecule has 2 aliphatic carbocycles. The minimum absolute atomic E-state index is 0.0275. The zero-order chi connectivity index (χ0) is 13.6. The van der Waals surface area contributed by atoms with Gasteiger partial charge in [0, 0.05) is 16.8 Å². The van der Waals surface area contributed by atoms with Gasteiger partial charge in [-0.3, -0.25) is 4.79 Å². The van der Waals surface area contributed by atoms with Gasteiger partial charge >= 0.3 is 0 Å². The van der Waals surface area contributed by atoms with E-state index in [-0.39, 0.29) is 17.9 Å². The standard InChI is InChI=1S/C15H19ClN2O/c1-8-2-5-11(7-12(8)16)18-15(19)13-9-3-4-10(6-9)14(13)17/h2,5,7,9-10,13-14H,3-4,6,17H2,1H3,(H,18,19). The van der Waals surface area contributed by atoms with E-state index in [1.165, 1.54) is 6.42 Å². The van der Waals surface area contributed by atoms with Crippen molar-refractivity contribution in [2.45, 2.75) is 32.2 Å². The highest BCUT2D eigenvalue weighted by molar-refractivity contribution is 6.31. The number of halogens is 1. The number of benzene rings is 1. The molecule has 3 N–H and O–H groups in total. The van der Waals surface area contributed by atoms with Crippen molar-refractivity contribution in [1.29, 1.82) is 0 Å². The highest BCUT2D eigenvalue weighted by Crippen LogP contribution is 2.47. The Morgan fingerprint density at radius 1 is 1.37 bits per heavy atom. The molecule has 4 unspecified atom stereocenters. The molecule has 1 amide bonds. The van der Waals surface area contributed by atoms with Crippen LogP contribution in [0.25, 0.3) is 0 Å². The second-order valence-corrected chi connectivity index (χ2v) is 6.30. The second-order valence-electron chi connectivity index (χ2n) is 5.89. The van der Waals surface area contributed by atoms with Crippen LogP contribution in [-0.2, 0) is 4.79 Å². The molecule has 0 aliphatic heterocycles. The number of hydrogen-bond acceptors (Lipinski definition) is 2. The van der Waals surface area contributed by atoms with E-state index < -0.39 is 0 Å². The fraction of sp³-hybridized carbons (Fsp3) is 0.533. The fourth-order valence-corrected chi connectivity index (χ4v) is 3.80. The second kappa shape index (κ2) is 4.80. The molecule has 0 aromatic heterocycles. The Morgan fingerprint density at radius 3 is 2.74 bits per heavy atom. The van der Waals surface area contributed by atoms with Crippen LogP contribution in [-0.4, -0.2) is 11.9 Å². The minimum atomic E-state index is -0.0289. The molecule has 4 heteroatoms. The van der Waals surface area contributed by atoms with Gasteiger partial charge in [-0.15, -0.1) is 0 Å². The first-order chi connectivity index (χ1) is 9.06. The van der Waals surface area contributed by atoms with Crippen LogP contribution in [0, 0.1) is 24.7 Å². The first-order valence-electron chi connectivity index (χ1n) is 6.89. The zero-order valence-corrected chi connectivity index (χ0v) is 11.8. The van der Waals surface area contributed by atoms with Crippen LogP contribution in [0.4, 0.5) is 5.69 Å².